The minimum absolute atomic E-state index is 0.178. The number of aromatic nitrogens is 2. The van der Waals surface area contributed by atoms with Gasteiger partial charge < -0.3 is 9.11 Å². The minimum atomic E-state index is -4.27. The normalized spacial score (nSPS) is 11.0. The summed E-state index contributed by atoms with van der Waals surface area (Å²) in [5, 5.41) is 0. The van der Waals surface area contributed by atoms with Gasteiger partial charge in [-0.1, -0.05) is 47.5 Å². The summed E-state index contributed by atoms with van der Waals surface area (Å²) in [5.41, 5.74) is 4.50. The first-order chi connectivity index (χ1) is 18.3. The zero-order valence-electron chi connectivity index (χ0n) is 22.5. The van der Waals surface area contributed by atoms with E-state index in [1.807, 2.05) is 13.8 Å². The van der Waals surface area contributed by atoms with Gasteiger partial charge >= 0.3 is 0 Å². The van der Waals surface area contributed by atoms with Crippen LogP contribution in [0.2, 0.25) is 0 Å². The van der Waals surface area contributed by atoms with Gasteiger partial charge in [0.1, 0.15) is 20.2 Å². The highest BCUT2D eigenvalue weighted by atomic mass is 32.2. The van der Waals surface area contributed by atoms with Crippen molar-refractivity contribution in [3.63, 3.8) is 0 Å². The number of aryl methyl sites for hydroxylation is 6. The third kappa shape index (κ3) is 11.5. The van der Waals surface area contributed by atoms with Gasteiger partial charge in [0, 0.05) is 38.1 Å². The lowest BCUT2D eigenvalue weighted by atomic mass is 10.2. The van der Waals surface area contributed by atoms with E-state index in [-0.39, 0.29) is 9.79 Å². The summed E-state index contributed by atoms with van der Waals surface area (Å²) in [6, 6.07) is 24.2. The highest BCUT2D eigenvalue weighted by Gasteiger charge is 2.08. The van der Waals surface area contributed by atoms with Crippen molar-refractivity contribution in [1.29, 1.82) is 0 Å². The van der Waals surface area contributed by atoms with Crippen LogP contribution in [0.3, 0.4) is 0 Å². The molecule has 0 spiro atoms. The first-order valence-corrected chi connectivity index (χ1v) is 15.0. The summed E-state index contributed by atoms with van der Waals surface area (Å²) in [4.78, 5) is -0.355. The molecule has 2 heterocycles. The van der Waals surface area contributed by atoms with Crippen LogP contribution in [-0.2, 0) is 33.3 Å². The SMILES string of the molecule is Cc1ccc(S(=O)(=O)[O-])cc1.Cc1ccc(S(=O)(=O)[O-])cc1.Cc1cccc[n+]1CCC[n+]1ccccc1C. The molecule has 0 unspecified atom stereocenters. The molecule has 4 rings (SSSR count). The Kier molecular flexibility index (Phi) is 11.9. The molecule has 39 heavy (non-hydrogen) atoms. The molecule has 0 radical (unpaired) electrons. The molecule has 4 aromatic rings. The number of hydrogen-bond acceptors (Lipinski definition) is 6. The molecule has 0 atom stereocenters. The van der Waals surface area contributed by atoms with Crippen LogP contribution in [0.1, 0.15) is 28.9 Å². The molecule has 0 N–H and O–H groups in total. The summed E-state index contributed by atoms with van der Waals surface area (Å²) >= 11 is 0. The number of rotatable bonds is 6. The summed E-state index contributed by atoms with van der Waals surface area (Å²) < 4.78 is 66.9. The molecule has 10 heteroatoms. The third-order valence-electron chi connectivity index (χ3n) is 5.75. The monoisotopic (exact) mass is 570 g/mol. The number of nitrogens with zero attached hydrogens (tertiary/aromatic N) is 2. The van der Waals surface area contributed by atoms with E-state index >= 15 is 0 Å². The molecule has 2 aromatic carbocycles. The van der Waals surface area contributed by atoms with Gasteiger partial charge in [0.05, 0.1) is 16.2 Å². The second-order valence-electron chi connectivity index (χ2n) is 8.96. The summed E-state index contributed by atoms with van der Waals surface area (Å²) in [5.74, 6) is 0. The maximum absolute atomic E-state index is 10.4. The van der Waals surface area contributed by atoms with Crippen LogP contribution in [0.15, 0.2) is 107 Å². The van der Waals surface area contributed by atoms with Crippen molar-refractivity contribution in [3.8, 4) is 0 Å². The Morgan fingerprint density at radius 2 is 0.872 bits per heavy atom. The molecule has 0 aliphatic heterocycles. The molecule has 2 aromatic heterocycles. The number of hydrogen-bond donors (Lipinski definition) is 0. The van der Waals surface area contributed by atoms with Gasteiger partial charge in [-0.2, -0.15) is 0 Å². The van der Waals surface area contributed by atoms with E-state index < -0.39 is 20.2 Å². The van der Waals surface area contributed by atoms with Crippen LogP contribution in [0.5, 0.6) is 0 Å². The fraction of sp³-hybridized carbons (Fsp3) is 0.241. The minimum Gasteiger partial charge on any atom is -0.744 e. The highest BCUT2D eigenvalue weighted by Crippen LogP contribution is 2.09. The average molecular weight is 571 g/mol. The van der Waals surface area contributed by atoms with Crippen LogP contribution in [0.25, 0.3) is 0 Å². The lowest BCUT2D eigenvalue weighted by molar-refractivity contribution is -0.732. The first kappa shape index (κ1) is 31.8. The smallest absolute Gasteiger partial charge is 0.178 e. The zero-order chi connectivity index (χ0) is 29.1. The summed E-state index contributed by atoms with van der Waals surface area (Å²) in [6.45, 7) is 10.1. The predicted octanol–water partition coefficient (Wildman–Crippen LogP) is 3.77. The first-order valence-electron chi connectivity index (χ1n) is 12.2. The molecule has 8 nitrogen and oxygen atoms in total. The fourth-order valence-electron chi connectivity index (χ4n) is 3.45. The Hall–Kier alpha value is -3.44. The number of pyridine rings is 2. The van der Waals surface area contributed by atoms with E-state index in [4.69, 9.17) is 0 Å². The van der Waals surface area contributed by atoms with E-state index in [0.717, 1.165) is 30.6 Å². The van der Waals surface area contributed by atoms with Crippen molar-refractivity contribution in [3.05, 3.63) is 120 Å². The Balaban J connectivity index is 0.000000214. The van der Waals surface area contributed by atoms with Crippen molar-refractivity contribution in [2.45, 2.75) is 57.0 Å². The highest BCUT2D eigenvalue weighted by molar-refractivity contribution is 7.86. The van der Waals surface area contributed by atoms with E-state index in [2.05, 4.69) is 71.8 Å². The molecule has 0 saturated heterocycles. The quantitative estimate of drug-likeness (QED) is 0.257. The fourth-order valence-corrected chi connectivity index (χ4v) is 4.39. The standard InChI is InChI=1S/C15H20N2.2C7H8O3S/c1-14-8-3-5-10-16(14)12-7-13-17-11-6-4-9-15(17)2;2*1-6-2-4-7(5-3-6)11(8,9)10/h3-6,8-11H,7,12-13H2,1-2H3;2*2-5H,1H3,(H,8,9,10)/q+2;;/p-2. The van der Waals surface area contributed by atoms with Gasteiger partial charge in [-0.15, -0.1) is 0 Å². The van der Waals surface area contributed by atoms with E-state index in [9.17, 15) is 25.9 Å². The van der Waals surface area contributed by atoms with E-state index in [0.29, 0.717) is 0 Å². The van der Waals surface area contributed by atoms with Crippen molar-refractivity contribution < 1.29 is 35.1 Å². The number of benzene rings is 2. The van der Waals surface area contributed by atoms with Gasteiger partial charge in [-0.25, -0.2) is 26.0 Å². The van der Waals surface area contributed by atoms with Gasteiger partial charge in [-0.05, 0) is 38.1 Å². The maximum Gasteiger partial charge on any atom is 0.178 e. The van der Waals surface area contributed by atoms with Gasteiger partial charge in [0.2, 0.25) is 0 Å². The van der Waals surface area contributed by atoms with Crippen molar-refractivity contribution in [2.24, 2.45) is 0 Å². The maximum atomic E-state index is 10.4. The topological polar surface area (TPSA) is 122 Å². The molecule has 0 saturated carbocycles. The second kappa shape index (κ2) is 14.6. The Morgan fingerprint density at radius 1 is 0.538 bits per heavy atom. The van der Waals surface area contributed by atoms with Gasteiger partial charge in [0.15, 0.2) is 36.9 Å². The molecule has 208 valence electrons. The Bertz CT molecular complexity index is 1430. The third-order valence-corrected chi connectivity index (χ3v) is 7.45. The predicted molar refractivity (Wildman–Crippen MR) is 146 cm³/mol. The summed E-state index contributed by atoms with van der Waals surface area (Å²) in [7, 11) is -8.54. The molecule has 0 aliphatic carbocycles. The van der Waals surface area contributed by atoms with Crippen molar-refractivity contribution in [2.75, 3.05) is 0 Å². The van der Waals surface area contributed by atoms with Gasteiger partial charge in [-0.3, -0.25) is 0 Å². The van der Waals surface area contributed by atoms with E-state index in [1.54, 1.807) is 24.3 Å². The zero-order valence-corrected chi connectivity index (χ0v) is 24.2. The lowest BCUT2D eigenvalue weighted by Crippen LogP contribution is -2.41. The van der Waals surface area contributed by atoms with E-state index in [1.165, 1.54) is 35.7 Å². The van der Waals surface area contributed by atoms with Crippen LogP contribution in [0, 0.1) is 27.7 Å². The van der Waals surface area contributed by atoms with Crippen molar-refractivity contribution >= 4 is 20.2 Å². The molecule has 0 aliphatic rings. The summed E-state index contributed by atoms with van der Waals surface area (Å²) in [6.07, 6.45) is 5.46. The lowest BCUT2D eigenvalue weighted by Gasteiger charge is -2.05. The van der Waals surface area contributed by atoms with Crippen LogP contribution in [-0.4, -0.2) is 25.9 Å². The second-order valence-corrected chi connectivity index (χ2v) is 11.7. The Labute approximate surface area is 231 Å². The molecular formula is C29H34N2O6S2. The van der Waals surface area contributed by atoms with Crippen molar-refractivity contribution in [1.82, 2.24) is 0 Å². The van der Waals surface area contributed by atoms with Crippen LogP contribution < -0.4 is 9.13 Å². The molecular weight excluding hydrogens is 536 g/mol. The molecule has 0 bridgehead atoms. The Morgan fingerprint density at radius 3 is 1.15 bits per heavy atom. The largest absolute Gasteiger partial charge is 0.744 e. The molecule has 0 amide bonds. The average Bonchev–Trinajstić information content (AvgIpc) is 2.87. The van der Waals surface area contributed by atoms with Crippen LogP contribution >= 0.6 is 0 Å². The van der Waals surface area contributed by atoms with Gasteiger partial charge in [0.25, 0.3) is 0 Å². The molecule has 0 fully saturated rings. The van der Waals surface area contributed by atoms with Crippen LogP contribution in [0.4, 0.5) is 0 Å².